The Balaban J connectivity index is 0.00000110. The first-order chi connectivity index (χ1) is 8.73. The molecule has 0 aromatic rings. The van der Waals surface area contributed by atoms with E-state index in [9.17, 15) is 4.79 Å². The lowest BCUT2D eigenvalue weighted by Crippen LogP contribution is -2.52. The van der Waals surface area contributed by atoms with Crippen molar-refractivity contribution in [3.63, 3.8) is 0 Å². The number of rotatable bonds is 3. The zero-order chi connectivity index (χ0) is 12.2. The van der Waals surface area contributed by atoms with E-state index in [-0.39, 0.29) is 17.8 Å². The van der Waals surface area contributed by atoms with Gasteiger partial charge in [0.25, 0.3) is 0 Å². The van der Waals surface area contributed by atoms with Gasteiger partial charge in [-0.25, -0.2) is 0 Å². The molecule has 0 N–H and O–H groups in total. The first-order valence-corrected chi connectivity index (χ1v) is 7.99. The number of halogens is 1. The summed E-state index contributed by atoms with van der Waals surface area (Å²) in [4.78, 5) is 15.2. The summed E-state index contributed by atoms with van der Waals surface area (Å²) in [6.45, 7) is 3.10. The normalized spacial score (nSPS) is 44.3. The molecule has 1 saturated heterocycles. The van der Waals surface area contributed by atoms with Crippen molar-refractivity contribution in [2.24, 2.45) is 23.2 Å². The second kappa shape index (κ2) is 5.04. The standard InChI is InChI=1S/C16H25NO.ClH/c18-15(11-17-3-1-2-4-17)16-8-12-5-13(9-16)7-14(6-12)10-16;/h12-14H,1-11H2;1H. The van der Waals surface area contributed by atoms with Crippen LogP contribution in [0.15, 0.2) is 0 Å². The Morgan fingerprint density at radius 1 is 0.947 bits per heavy atom. The van der Waals surface area contributed by atoms with Crippen LogP contribution < -0.4 is 0 Å². The van der Waals surface area contributed by atoms with Crippen LogP contribution in [-0.2, 0) is 4.79 Å². The predicted molar refractivity (Wildman–Crippen MR) is 78.5 cm³/mol. The van der Waals surface area contributed by atoms with Gasteiger partial charge < -0.3 is 0 Å². The first-order valence-electron chi connectivity index (χ1n) is 7.99. The molecule has 0 spiro atoms. The molecule has 0 radical (unpaired) electrons. The van der Waals surface area contributed by atoms with Crippen LogP contribution in [0, 0.1) is 23.2 Å². The molecule has 108 valence electrons. The van der Waals surface area contributed by atoms with E-state index < -0.39 is 0 Å². The maximum atomic E-state index is 12.8. The van der Waals surface area contributed by atoms with Gasteiger partial charge in [-0.05, 0) is 82.2 Å². The van der Waals surface area contributed by atoms with E-state index in [1.165, 1.54) is 51.4 Å². The summed E-state index contributed by atoms with van der Waals surface area (Å²) in [7, 11) is 0. The van der Waals surface area contributed by atoms with Crippen LogP contribution in [0.3, 0.4) is 0 Å². The zero-order valence-corrected chi connectivity index (χ0v) is 12.6. The van der Waals surface area contributed by atoms with Gasteiger partial charge in [-0.15, -0.1) is 12.4 Å². The lowest BCUT2D eigenvalue weighted by molar-refractivity contribution is -0.144. The van der Waals surface area contributed by atoms with Crippen LogP contribution in [0.2, 0.25) is 0 Å². The molecule has 4 aliphatic carbocycles. The van der Waals surface area contributed by atoms with Crippen LogP contribution in [0.1, 0.15) is 51.4 Å². The van der Waals surface area contributed by atoms with Gasteiger partial charge in [0.1, 0.15) is 0 Å². The van der Waals surface area contributed by atoms with Gasteiger partial charge in [-0.2, -0.15) is 0 Å². The van der Waals surface area contributed by atoms with Crippen LogP contribution in [0.4, 0.5) is 0 Å². The van der Waals surface area contributed by atoms with E-state index in [0.29, 0.717) is 5.78 Å². The summed E-state index contributed by atoms with van der Waals surface area (Å²) in [5.41, 5.74) is 0.136. The summed E-state index contributed by atoms with van der Waals surface area (Å²) in [6, 6.07) is 0. The highest BCUT2D eigenvalue weighted by molar-refractivity contribution is 5.87. The number of nitrogens with zero attached hydrogens (tertiary/aromatic N) is 1. The molecular weight excluding hydrogens is 258 g/mol. The second-order valence-corrected chi connectivity index (χ2v) is 7.60. The van der Waals surface area contributed by atoms with Crippen molar-refractivity contribution in [3.05, 3.63) is 0 Å². The zero-order valence-electron chi connectivity index (χ0n) is 11.8. The lowest BCUT2D eigenvalue weighted by atomic mass is 9.48. The number of hydrogen-bond acceptors (Lipinski definition) is 2. The van der Waals surface area contributed by atoms with Crippen molar-refractivity contribution in [1.29, 1.82) is 0 Å². The van der Waals surface area contributed by atoms with Crippen LogP contribution >= 0.6 is 12.4 Å². The molecule has 4 saturated carbocycles. The fourth-order valence-corrected chi connectivity index (χ4v) is 5.76. The Bertz CT molecular complexity index is 326. The van der Waals surface area contributed by atoms with Crippen molar-refractivity contribution in [3.8, 4) is 0 Å². The molecule has 5 aliphatic rings. The van der Waals surface area contributed by atoms with E-state index >= 15 is 0 Å². The third kappa shape index (κ3) is 2.35. The minimum atomic E-state index is 0. The van der Waals surface area contributed by atoms with E-state index in [1.54, 1.807) is 0 Å². The summed E-state index contributed by atoms with van der Waals surface area (Å²) < 4.78 is 0. The van der Waals surface area contributed by atoms with Crippen LogP contribution in [0.5, 0.6) is 0 Å². The Morgan fingerprint density at radius 2 is 1.42 bits per heavy atom. The maximum Gasteiger partial charge on any atom is 0.152 e. The van der Waals surface area contributed by atoms with Crippen LogP contribution in [-0.4, -0.2) is 30.3 Å². The molecule has 1 aliphatic heterocycles. The number of Topliss-reactive ketones (excluding diaryl/α,β-unsaturated/α-hetero) is 1. The summed E-state index contributed by atoms with van der Waals surface area (Å²) >= 11 is 0. The largest absolute Gasteiger partial charge is 0.298 e. The Kier molecular flexibility index (Phi) is 3.68. The lowest BCUT2D eigenvalue weighted by Gasteiger charge is -2.56. The number of carbonyl (C=O) groups is 1. The summed E-state index contributed by atoms with van der Waals surface area (Å²) in [6.07, 6.45) is 10.6. The minimum absolute atomic E-state index is 0. The molecule has 5 rings (SSSR count). The van der Waals surface area contributed by atoms with Crippen LogP contribution in [0.25, 0.3) is 0 Å². The first kappa shape index (κ1) is 13.9. The molecule has 0 amide bonds. The monoisotopic (exact) mass is 283 g/mol. The van der Waals surface area contributed by atoms with Crippen molar-refractivity contribution < 1.29 is 4.79 Å². The van der Waals surface area contributed by atoms with Crippen molar-refractivity contribution in [1.82, 2.24) is 4.90 Å². The average Bonchev–Trinajstić information content (AvgIpc) is 2.79. The van der Waals surface area contributed by atoms with Crippen molar-refractivity contribution in [2.45, 2.75) is 51.4 Å². The Morgan fingerprint density at radius 3 is 1.89 bits per heavy atom. The highest BCUT2D eigenvalue weighted by Gasteiger charge is 2.54. The summed E-state index contributed by atoms with van der Waals surface area (Å²) in [5.74, 6) is 3.32. The number of ketones is 1. The average molecular weight is 284 g/mol. The third-order valence-electron chi connectivity index (χ3n) is 6.20. The van der Waals surface area contributed by atoms with Crippen molar-refractivity contribution >= 4 is 18.2 Å². The predicted octanol–water partition coefficient (Wildman–Crippen LogP) is 3.29. The van der Waals surface area contributed by atoms with E-state index in [1.807, 2.05) is 0 Å². The maximum absolute atomic E-state index is 12.8. The highest BCUT2D eigenvalue weighted by Crippen LogP contribution is 2.60. The van der Waals surface area contributed by atoms with Gasteiger partial charge in [0, 0.05) is 5.41 Å². The number of hydrogen-bond donors (Lipinski definition) is 0. The fraction of sp³-hybridized carbons (Fsp3) is 0.938. The molecular formula is C16H26ClNO. The molecule has 5 fully saturated rings. The van der Waals surface area contributed by atoms with Gasteiger partial charge in [-0.1, -0.05) is 0 Å². The molecule has 2 nitrogen and oxygen atoms in total. The molecule has 0 aromatic carbocycles. The molecule has 0 atom stereocenters. The molecule has 19 heavy (non-hydrogen) atoms. The molecule has 4 bridgehead atoms. The van der Waals surface area contributed by atoms with Gasteiger partial charge >= 0.3 is 0 Å². The van der Waals surface area contributed by atoms with Gasteiger partial charge in [0.2, 0.25) is 0 Å². The molecule has 0 unspecified atom stereocenters. The Labute approximate surface area is 122 Å². The summed E-state index contributed by atoms with van der Waals surface area (Å²) in [5, 5.41) is 0. The number of carbonyl (C=O) groups excluding carboxylic acids is 1. The number of likely N-dealkylation sites (tertiary alicyclic amines) is 1. The molecule has 0 aromatic heterocycles. The Hall–Kier alpha value is -0.0800. The molecule has 1 heterocycles. The van der Waals surface area contributed by atoms with Gasteiger partial charge in [-0.3, -0.25) is 9.69 Å². The van der Waals surface area contributed by atoms with Crippen molar-refractivity contribution in [2.75, 3.05) is 19.6 Å². The third-order valence-corrected chi connectivity index (χ3v) is 6.20. The SMILES string of the molecule is Cl.O=C(CN1CCCC1)C12CC3CC(CC(C3)C1)C2. The van der Waals surface area contributed by atoms with E-state index in [2.05, 4.69) is 4.90 Å². The van der Waals surface area contributed by atoms with E-state index in [4.69, 9.17) is 0 Å². The molecule has 3 heteroatoms. The second-order valence-electron chi connectivity index (χ2n) is 7.60. The quantitative estimate of drug-likeness (QED) is 0.792. The smallest absolute Gasteiger partial charge is 0.152 e. The highest BCUT2D eigenvalue weighted by atomic mass is 35.5. The van der Waals surface area contributed by atoms with E-state index in [0.717, 1.165) is 37.4 Å². The van der Waals surface area contributed by atoms with Gasteiger partial charge in [0.15, 0.2) is 5.78 Å². The topological polar surface area (TPSA) is 20.3 Å². The minimum Gasteiger partial charge on any atom is -0.298 e. The fourth-order valence-electron chi connectivity index (χ4n) is 5.76. The van der Waals surface area contributed by atoms with Gasteiger partial charge in [0.05, 0.1) is 6.54 Å².